The van der Waals surface area contributed by atoms with Crippen LogP contribution in [0.3, 0.4) is 0 Å². The van der Waals surface area contributed by atoms with Crippen LogP contribution in [0.5, 0.6) is 5.75 Å². The summed E-state index contributed by atoms with van der Waals surface area (Å²) in [6, 6.07) is 29.9. The largest absolute Gasteiger partial charge is 0.507 e. The summed E-state index contributed by atoms with van der Waals surface area (Å²) in [6.45, 7) is 12.8. The molecule has 0 bridgehead atoms. The molecule has 0 saturated carbocycles. The number of nitrogens with one attached hydrogen (secondary N) is 1. The van der Waals surface area contributed by atoms with E-state index in [1.807, 2.05) is 17.4 Å². The van der Waals surface area contributed by atoms with Crippen LogP contribution in [0.4, 0.5) is 0 Å². The van der Waals surface area contributed by atoms with E-state index in [9.17, 15) is 5.11 Å². The van der Waals surface area contributed by atoms with E-state index in [2.05, 4.69) is 125 Å². The van der Waals surface area contributed by atoms with Gasteiger partial charge in [0.05, 0.1) is 11.4 Å². The first kappa shape index (κ1) is 25.4. The zero-order valence-electron chi connectivity index (χ0n) is 23.4. The molecule has 0 aliphatic carbocycles. The van der Waals surface area contributed by atoms with Crippen LogP contribution in [0.1, 0.15) is 52.7 Å². The molecule has 0 spiro atoms. The minimum atomic E-state index is -0.218. The van der Waals surface area contributed by atoms with Gasteiger partial charge in [-0.25, -0.2) is 4.98 Å². The number of benzene rings is 4. The Morgan fingerprint density at radius 2 is 1.26 bits per heavy atom. The molecule has 2 heterocycles. The average Bonchev–Trinajstić information content (AvgIpc) is 3.50. The lowest BCUT2D eigenvalue weighted by atomic mass is 9.78. The molecule has 0 saturated heterocycles. The van der Waals surface area contributed by atoms with E-state index in [1.165, 1.54) is 20.2 Å². The molecule has 2 N–H and O–H groups in total. The van der Waals surface area contributed by atoms with E-state index in [0.29, 0.717) is 5.75 Å². The third-order valence-electron chi connectivity index (χ3n) is 7.42. The topological polar surface area (TPSA) is 48.9 Å². The smallest absolute Gasteiger partial charge is 0.138 e. The van der Waals surface area contributed by atoms with Crippen molar-refractivity contribution < 1.29 is 5.11 Å². The quantitative estimate of drug-likeness (QED) is 0.239. The molecule has 0 radical (unpaired) electrons. The van der Waals surface area contributed by atoms with Gasteiger partial charge < -0.3 is 10.1 Å². The first-order chi connectivity index (χ1) is 18.5. The lowest BCUT2D eigenvalue weighted by Crippen LogP contribution is -2.17. The standard InChI is InChI=1S/C35H34N2OS/c1-34(2,3)26-18-23(19-27(32(26)38)35(4,5)6)33-36-30(21-12-8-7-9-13-21)31(37-33)22-16-17-25-24-14-10-11-15-28(24)39-29(25)20-22/h7-20,38H,1-6H3,(H,36,37). The van der Waals surface area contributed by atoms with Crippen molar-refractivity contribution in [3.63, 3.8) is 0 Å². The number of phenols is 1. The van der Waals surface area contributed by atoms with Crippen LogP contribution < -0.4 is 0 Å². The molecule has 4 heteroatoms. The normalized spacial score (nSPS) is 12.5. The van der Waals surface area contributed by atoms with Gasteiger partial charge in [-0.3, -0.25) is 0 Å². The molecule has 6 aromatic rings. The number of nitrogens with zero attached hydrogens (tertiary/aromatic N) is 1. The fourth-order valence-electron chi connectivity index (χ4n) is 5.32. The third-order valence-corrected chi connectivity index (χ3v) is 8.55. The van der Waals surface area contributed by atoms with Gasteiger partial charge in [0.25, 0.3) is 0 Å². The maximum Gasteiger partial charge on any atom is 0.138 e. The molecular weight excluding hydrogens is 496 g/mol. The molecule has 0 unspecified atom stereocenters. The predicted octanol–water partition coefficient (Wildman–Crippen LogP) is 10.1. The van der Waals surface area contributed by atoms with Crippen molar-refractivity contribution in [1.29, 1.82) is 0 Å². The van der Waals surface area contributed by atoms with Gasteiger partial charge in [0.2, 0.25) is 0 Å². The zero-order valence-corrected chi connectivity index (χ0v) is 24.2. The number of hydrogen-bond acceptors (Lipinski definition) is 3. The molecular formula is C35H34N2OS. The Hall–Kier alpha value is -3.89. The van der Waals surface area contributed by atoms with E-state index in [1.54, 1.807) is 0 Å². The second-order valence-corrected chi connectivity index (χ2v) is 13.5. The van der Waals surface area contributed by atoms with Gasteiger partial charge in [0.1, 0.15) is 11.6 Å². The summed E-state index contributed by atoms with van der Waals surface area (Å²) in [5.41, 5.74) is 6.50. The molecule has 0 aliphatic heterocycles. The predicted molar refractivity (Wildman–Crippen MR) is 167 cm³/mol. The monoisotopic (exact) mass is 530 g/mol. The Balaban J connectivity index is 1.58. The van der Waals surface area contributed by atoms with Crippen LogP contribution in [0.25, 0.3) is 54.1 Å². The minimum Gasteiger partial charge on any atom is -0.507 e. The van der Waals surface area contributed by atoms with Gasteiger partial charge in [-0.15, -0.1) is 11.3 Å². The molecule has 0 fully saturated rings. The second kappa shape index (κ2) is 9.10. The van der Waals surface area contributed by atoms with Crippen molar-refractivity contribution >= 4 is 31.5 Å². The average molecular weight is 531 g/mol. The Morgan fingerprint density at radius 3 is 1.92 bits per heavy atom. The summed E-state index contributed by atoms with van der Waals surface area (Å²) < 4.78 is 2.55. The van der Waals surface area contributed by atoms with Gasteiger partial charge in [-0.05, 0) is 35.1 Å². The van der Waals surface area contributed by atoms with E-state index in [0.717, 1.165) is 45.0 Å². The molecule has 0 aliphatic rings. The lowest BCUT2D eigenvalue weighted by Gasteiger charge is -2.28. The number of aromatic amines is 1. The van der Waals surface area contributed by atoms with Gasteiger partial charge in [-0.1, -0.05) is 102 Å². The number of fused-ring (bicyclic) bond motifs is 3. The van der Waals surface area contributed by atoms with Crippen molar-refractivity contribution in [2.75, 3.05) is 0 Å². The molecule has 39 heavy (non-hydrogen) atoms. The van der Waals surface area contributed by atoms with Crippen LogP contribution in [0.2, 0.25) is 0 Å². The number of rotatable bonds is 3. The van der Waals surface area contributed by atoms with E-state index < -0.39 is 0 Å². The maximum atomic E-state index is 11.3. The third kappa shape index (κ3) is 4.53. The maximum absolute atomic E-state index is 11.3. The van der Waals surface area contributed by atoms with Gasteiger partial charge in [-0.2, -0.15) is 0 Å². The second-order valence-electron chi connectivity index (χ2n) is 12.4. The van der Waals surface area contributed by atoms with Gasteiger partial charge in [0.15, 0.2) is 0 Å². The summed E-state index contributed by atoms with van der Waals surface area (Å²) in [5, 5.41) is 13.9. The molecule has 2 aromatic heterocycles. The Morgan fingerprint density at radius 1 is 0.641 bits per heavy atom. The SMILES string of the molecule is CC(C)(C)c1cc(-c2nc(-c3ccc4c(c3)sc3ccccc34)c(-c3ccccc3)[nH]2)cc(C(C)(C)C)c1O. The molecule has 196 valence electrons. The fourth-order valence-corrected chi connectivity index (χ4v) is 6.47. The van der Waals surface area contributed by atoms with Crippen LogP contribution in [-0.2, 0) is 10.8 Å². The summed E-state index contributed by atoms with van der Waals surface area (Å²) in [4.78, 5) is 8.91. The highest BCUT2D eigenvalue weighted by Gasteiger charge is 2.28. The Bertz CT molecular complexity index is 1790. The molecule has 3 nitrogen and oxygen atoms in total. The van der Waals surface area contributed by atoms with Crippen molar-refractivity contribution in [1.82, 2.24) is 9.97 Å². The number of imidazole rings is 1. The number of phenolic OH excluding ortho intramolecular Hbond substituents is 1. The number of aromatic hydroxyl groups is 1. The number of thiophene rings is 1. The number of H-pyrrole nitrogens is 1. The zero-order chi connectivity index (χ0) is 27.5. The van der Waals surface area contributed by atoms with E-state index >= 15 is 0 Å². The fraction of sp³-hybridized carbons (Fsp3) is 0.229. The highest BCUT2D eigenvalue weighted by Crippen LogP contribution is 2.43. The van der Waals surface area contributed by atoms with Crippen molar-refractivity contribution in [2.24, 2.45) is 0 Å². The Labute approximate surface area is 234 Å². The summed E-state index contributed by atoms with van der Waals surface area (Å²) >= 11 is 1.82. The lowest BCUT2D eigenvalue weighted by molar-refractivity contribution is 0.423. The summed E-state index contributed by atoms with van der Waals surface area (Å²) in [6.07, 6.45) is 0. The van der Waals surface area contributed by atoms with E-state index in [4.69, 9.17) is 4.98 Å². The summed E-state index contributed by atoms with van der Waals surface area (Å²) in [5.74, 6) is 1.18. The summed E-state index contributed by atoms with van der Waals surface area (Å²) in [7, 11) is 0. The van der Waals surface area contributed by atoms with Gasteiger partial charge in [0, 0.05) is 48.0 Å². The van der Waals surface area contributed by atoms with Crippen LogP contribution in [0, 0.1) is 0 Å². The van der Waals surface area contributed by atoms with Crippen molar-refractivity contribution in [3.05, 3.63) is 96.1 Å². The van der Waals surface area contributed by atoms with Crippen LogP contribution >= 0.6 is 11.3 Å². The Kier molecular flexibility index (Phi) is 5.92. The first-order valence-corrected chi connectivity index (χ1v) is 14.3. The van der Waals surface area contributed by atoms with Crippen LogP contribution in [0.15, 0.2) is 84.9 Å². The molecule has 0 amide bonds. The van der Waals surface area contributed by atoms with Crippen molar-refractivity contribution in [2.45, 2.75) is 52.4 Å². The molecule has 0 atom stereocenters. The number of hydrogen-bond donors (Lipinski definition) is 2. The van der Waals surface area contributed by atoms with Gasteiger partial charge >= 0.3 is 0 Å². The minimum absolute atomic E-state index is 0.218. The highest BCUT2D eigenvalue weighted by molar-refractivity contribution is 7.25. The molecule has 6 rings (SSSR count). The number of aromatic nitrogens is 2. The van der Waals surface area contributed by atoms with E-state index in [-0.39, 0.29) is 10.8 Å². The molecule has 4 aromatic carbocycles. The van der Waals surface area contributed by atoms with Crippen molar-refractivity contribution in [3.8, 4) is 39.7 Å². The first-order valence-electron chi connectivity index (χ1n) is 13.5. The highest BCUT2D eigenvalue weighted by atomic mass is 32.1. The van der Waals surface area contributed by atoms with Crippen LogP contribution in [-0.4, -0.2) is 15.1 Å².